The van der Waals surface area contributed by atoms with Gasteiger partial charge in [-0.05, 0) is 31.1 Å². The fraction of sp³-hybridized carbons (Fsp3) is 1.00. The molecule has 17 heavy (non-hydrogen) atoms. The molecule has 1 nitrogen and oxygen atoms in total. The zero-order chi connectivity index (χ0) is 13.3. The number of aliphatic hydroxyl groups is 1. The molecule has 0 saturated heterocycles. The van der Waals surface area contributed by atoms with E-state index in [4.69, 9.17) is 0 Å². The minimum atomic E-state index is -0.143. The molecule has 0 bridgehead atoms. The Morgan fingerprint density at radius 3 is 1.71 bits per heavy atom. The zero-order valence-corrected chi connectivity index (χ0v) is 12.7. The molecule has 0 saturated carbocycles. The fourth-order valence-electron chi connectivity index (χ4n) is 2.19. The van der Waals surface area contributed by atoms with Crippen molar-refractivity contribution in [3.8, 4) is 0 Å². The van der Waals surface area contributed by atoms with Crippen molar-refractivity contribution in [1.29, 1.82) is 0 Å². The van der Waals surface area contributed by atoms with Crippen molar-refractivity contribution < 1.29 is 5.11 Å². The lowest BCUT2D eigenvalue weighted by Gasteiger charge is -2.16. The molecule has 1 N–H and O–H groups in total. The Kier molecular flexibility index (Phi) is 9.91. The zero-order valence-electron chi connectivity index (χ0n) is 12.7. The summed E-state index contributed by atoms with van der Waals surface area (Å²) >= 11 is 0. The smallest absolute Gasteiger partial charge is 0.0537 e. The molecule has 0 unspecified atom stereocenters. The van der Waals surface area contributed by atoms with Crippen molar-refractivity contribution in [2.45, 2.75) is 85.7 Å². The third-order valence-electron chi connectivity index (χ3n) is 4.27. The van der Waals surface area contributed by atoms with Crippen LogP contribution >= 0.6 is 0 Å². The van der Waals surface area contributed by atoms with Crippen molar-refractivity contribution in [1.82, 2.24) is 0 Å². The molecule has 0 spiro atoms. The molecule has 0 radical (unpaired) electrons. The lowest BCUT2D eigenvalue weighted by atomic mass is 9.91. The Balaban J connectivity index is 3.43. The molecule has 0 heterocycles. The van der Waals surface area contributed by atoms with E-state index in [0.29, 0.717) is 5.92 Å². The van der Waals surface area contributed by atoms with Crippen molar-refractivity contribution in [3.63, 3.8) is 0 Å². The SMILES string of the molecule is CC[C@H](C)CCC[C@H](C)CCC[C@@H](C)[C@H](C)O. The first-order valence-electron chi connectivity index (χ1n) is 7.65. The van der Waals surface area contributed by atoms with Crippen LogP contribution in [0.5, 0.6) is 0 Å². The quantitative estimate of drug-likeness (QED) is 0.570. The summed E-state index contributed by atoms with van der Waals surface area (Å²) in [4.78, 5) is 0. The van der Waals surface area contributed by atoms with Gasteiger partial charge in [-0.2, -0.15) is 0 Å². The third-order valence-corrected chi connectivity index (χ3v) is 4.27. The molecule has 0 aliphatic rings. The van der Waals surface area contributed by atoms with Gasteiger partial charge < -0.3 is 5.11 Å². The number of hydrogen-bond acceptors (Lipinski definition) is 1. The van der Waals surface area contributed by atoms with E-state index in [2.05, 4.69) is 27.7 Å². The maximum Gasteiger partial charge on any atom is 0.0537 e. The molecule has 0 aliphatic heterocycles. The van der Waals surface area contributed by atoms with Gasteiger partial charge in [0, 0.05) is 0 Å². The van der Waals surface area contributed by atoms with Crippen LogP contribution in [0.25, 0.3) is 0 Å². The van der Waals surface area contributed by atoms with E-state index < -0.39 is 0 Å². The molecule has 0 aromatic rings. The van der Waals surface area contributed by atoms with Crippen molar-refractivity contribution in [2.75, 3.05) is 0 Å². The highest BCUT2D eigenvalue weighted by Crippen LogP contribution is 2.20. The Labute approximate surface area is 109 Å². The van der Waals surface area contributed by atoms with Gasteiger partial charge in [-0.15, -0.1) is 0 Å². The van der Waals surface area contributed by atoms with Gasteiger partial charge in [-0.25, -0.2) is 0 Å². The van der Waals surface area contributed by atoms with Crippen LogP contribution < -0.4 is 0 Å². The van der Waals surface area contributed by atoms with Gasteiger partial charge in [-0.1, -0.05) is 66.2 Å². The van der Waals surface area contributed by atoms with Gasteiger partial charge in [0.15, 0.2) is 0 Å². The monoisotopic (exact) mass is 242 g/mol. The minimum Gasteiger partial charge on any atom is -0.393 e. The molecule has 4 atom stereocenters. The van der Waals surface area contributed by atoms with Crippen LogP contribution in [0.2, 0.25) is 0 Å². The summed E-state index contributed by atoms with van der Waals surface area (Å²) in [6.45, 7) is 11.1. The van der Waals surface area contributed by atoms with E-state index in [9.17, 15) is 5.11 Å². The van der Waals surface area contributed by atoms with Gasteiger partial charge >= 0.3 is 0 Å². The van der Waals surface area contributed by atoms with Gasteiger partial charge in [0.25, 0.3) is 0 Å². The van der Waals surface area contributed by atoms with Crippen LogP contribution in [-0.2, 0) is 0 Å². The summed E-state index contributed by atoms with van der Waals surface area (Å²) in [6.07, 6.45) is 9.12. The molecular formula is C16H34O. The van der Waals surface area contributed by atoms with E-state index >= 15 is 0 Å². The van der Waals surface area contributed by atoms with E-state index in [1.54, 1.807) is 0 Å². The topological polar surface area (TPSA) is 20.2 Å². The molecule has 0 rings (SSSR count). The molecule has 1 heteroatoms. The van der Waals surface area contributed by atoms with E-state index in [-0.39, 0.29) is 6.10 Å². The first-order chi connectivity index (χ1) is 7.97. The summed E-state index contributed by atoms with van der Waals surface area (Å²) in [5, 5.41) is 9.42. The average molecular weight is 242 g/mol. The van der Waals surface area contributed by atoms with Crippen LogP contribution in [0.1, 0.15) is 79.6 Å². The molecule has 0 fully saturated rings. The molecule has 0 amide bonds. The minimum absolute atomic E-state index is 0.143. The highest BCUT2D eigenvalue weighted by Gasteiger charge is 2.09. The predicted molar refractivity (Wildman–Crippen MR) is 77.2 cm³/mol. The highest BCUT2D eigenvalue weighted by molar-refractivity contribution is 4.62. The summed E-state index contributed by atoms with van der Waals surface area (Å²) in [6, 6.07) is 0. The van der Waals surface area contributed by atoms with E-state index in [1.165, 1.54) is 44.9 Å². The van der Waals surface area contributed by atoms with Gasteiger partial charge in [0.1, 0.15) is 0 Å². The van der Waals surface area contributed by atoms with Gasteiger partial charge in [0.05, 0.1) is 6.10 Å². The van der Waals surface area contributed by atoms with Crippen LogP contribution in [0.4, 0.5) is 0 Å². The first-order valence-corrected chi connectivity index (χ1v) is 7.65. The Morgan fingerprint density at radius 1 is 0.765 bits per heavy atom. The van der Waals surface area contributed by atoms with Crippen LogP contribution in [-0.4, -0.2) is 11.2 Å². The largest absolute Gasteiger partial charge is 0.393 e. The lowest BCUT2D eigenvalue weighted by Crippen LogP contribution is -2.13. The van der Waals surface area contributed by atoms with Gasteiger partial charge in [-0.3, -0.25) is 0 Å². The maximum atomic E-state index is 9.42. The van der Waals surface area contributed by atoms with Gasteiger partial charge in [0.2, 0.25) is 0 Å². The standard InChI is InChI=1S/C16H34O/c1-6-13(2)9-7-10-14(3)11-8-12-15(4)16(5)17/h13-17H,6-12H2,1-5H3/t13-,14-,15+,16-/m0/s1. The van der Waals surface area contributed by atoms with Crippen molar-refractivity contribution in [3.05, 3.63) is 0 Å². The number of aliphatic hydroxyl groups excluding tert-OH is 1. The Hall–Kier alpha value is -0.0400. The Bertz CT molecular complexity index is 165. The van der Waals surface area contributed by atoms with Crippen molar-refractivity contribution in [2.24, 2.45) is 17.8 Å². The maximum absolute atomic E-state index is 9.42. The van der Waals surface area contributed by atoms with Crippen LogP contribution in [0, 0.1) is 17.8 Å². The second-order valence-electron chi connectivity index (χ2n) is 6.20. The average Bonchev–Trinajstić information content (AvgIpc) is 2.28. The van der Waals surface area contributed by atoms with E-state index in [1.807, 2.05) is 6.92 Å². The predicted octanol–water partition coefficient (Wildman–Crippen LogP) is 5.03. The van der Waals surface area contributed by atoms with Crippen LogP contribution in [0.3, 0.4) is 0 Å². The summed E-state index contributed by atoms with van der Waals surface area (Å²) < 4.78 is 0. The highest BCUT2D eigenvalue weighted by atomic mass is 16.3. The van der Waals surface area contributed by atoms with Crippen molar-refractivity contribution >= 4 is 0 Å². The summed E-state index contributed by atoms with van der Waals surface area (Å²) in [5.41, 5.74) is 0. The summed E-state index contributed by atoms with van der Waals surface area (Å²) in [7, 11) is 0. The first kappa shape index (κ1) is 17.0. The molecule has 0 aromatic heterocycles. The molecule has 104 valence electrons. The molecule has 0 aliphatic carbocycles. The van der Waals surface area contributed by atoms with E-state index in [0.717, 1.165) is 11.8 Å². The lowest BCUT2D eigenvalue weighted by molar-refractivity contribution is 0.127. The summed E-state index contributed by atoms with van der Waals surface area (Å²) in [5.74, 6) is 2.22. The van der Waals surface area contributed by atoms with Crippen LogP contribution in [0.15, 0.2) is 0 Å². The number of hydrogen-bond donors (Lipinski definition) is 1. The molecule has 0 aromatic carbocycles. The second kappa shape index (κ2) is 9.94. The fourth-order valence-corrected chi connectivity index (χ4v) is 2.19. The second-order valence-corrected chi connectivity index (χ2v) is 6.20. The third kappa shape index (κ3) is 9.64. The Morgan fingerprint density at radius 2 is 1.24 bits per heavy atom. The number of rotatable bonds is 10. The molecular weight excluding hydrogens is 208 g/mol. The normalized spacial score (nSPS) is 18.7.